The third-order valence-corrected chi connectivity index (χ3v) is 3.37. The van der Waals surface area contributed by atoms with Crippen molar-refractivity contribution in [2.24, 2.45) is 0 Å². The van der Waals surface area contributed by atoms with Crippen LogP contribution in [-0.2, 0) is 33.9 Å². The fourth-order valence-electron chi connectivity index (χ4n) is 1.98. The first kappa shape index (κ1) is 30.0. The van der Waals surface area contributed by atoms with Gasteiger partial charge in [0.15, 0.2) is 0 Å². The Balaban J connectivity index is -0.000000384. The third-order valence-electron chi connectivity index (χ3n) is 3.37. The van der Waals surface area contributed by atoms with Crippen LogP contribution < -0.4 is 34.3 Å². The molecule has 0 saturated carbocycles. The van der Waals surface area contributed by atoms with E-state index in [1.165, 1.54) is 11.1 Å². The zero-order chi connectivity index (χ0) is 17.6. The molecule has 0 aromatic heterocycles. The SMILES string of the molecule is COc1ccc(CCC#N)cc1.COc1ccc(CCC#N)cc1.[Cl-].[Cl-].[Pt+2]. The van der Waals surface area contributed by atoms with Gasteiger partial charge >= 0.3 is 21.1 Å². The second kappa shape index (κ2) is 19.1. The molecule has 7 heteroatoms. The van der Waals surface area contributed by atoms with E-state index in [4.69, 9.17) is 20.0 Å². The number of aryl methyl sites for hydroxylation is 2. The molecule has 27 heavy (non-hydrogen) atoms. The number of benzene rings is 2. The van der Waals surface area contributed by atoms with E-state index in [0.717, 1.165) is 24.3 Å². The van der Waals surface area contributed by atoms with Crippen molar-refractivity contribution in [3.8, 4) is 23.6 Å². The monoisotopic (exact) mass is 587 g/mol. The van der Waals surface area contributed by atoms with Crippen molar-refractivity contribution in [2.45, 2.75) is 25.7 Å². The Morgan fingerprint density at radius 2 is 0.963 bits per heavy atom. The summed E-state index contributed by atoms with van der Waals surface area (Å²) in [6, 6.07) is 19.8. The molecule has 0 amide bonds. The van der Waals surface area contributed by atoms with E-state index in [1.54, 1.807) is 14.2 Å². The van der Waals surface area contributed by atoms with E-state index < -0.39 is 0 Å². The van der Waals surface area contributed by atoms with Crippen LogP contribution in [0.2, 0.25) is 0 Å². The first-order valence-corrected chi connectivity index (χ1v) is 7.73. The van der Waals surface area contributed by atoms with Gasteiger partial charge in [-0.3, -0.25) is 0 Å². The summed E-state index contributed by atoms with van der Waals surface area (Å²) in [6.45, 7) is 0. The van der Waals surface area contributed by atoms with Gasteiger partial charge in [0.25, 0.3) is 0 Å². The molecular weight excluding hydrogens is 566 g/mol. The molecule has 0 aliphatic rings. The van der Waals surface area contributed by atoms with Crippen molar-refractivity contribution >= 4 is 0 Å². The first-order chi connectivity index (χ1) is 11.7. The van der Waals surface area contributed by atoms with E-state index in [2.05, 4.69) is 12.1 Å². The van der Waals surface area contributed by atoms with Crippen LogP contribution in [-0.4, -0.2) is 14.2 Å². The van der Waals surface area contributed by atoms with Crippen molar-refractivity contribution in [3.63, 3.8) is 0 Å². The van der Waals surface area contributed by atoms with E-state index in [1.807, 2.05) is 48.5 Å². The maximum Gasteiger partial charge on any atom is 2.00 e. The molecule has 0 radical (unpaired) electrons. The number of nitrogens with zero attached hydrogens (tertiary/aromatic N) is 2. The van der Waals surface area contributed by atoms with Crippen molar-refractivity contribution in [2.75, 3.05) is 14.2 Å². The summed E-state index contributed by atoms with van der Waals surface area (Å²) in [5.41, 5.74) is 2.36. The molecule has 0 atom stereocenters. The summed E-state index contributed by atoms with van der Waals surface area (Å²) in [7, 11) is 3.29. The Labute approximate surface area is 188 Å². The van der Waals surface area contributed by atoms with Gasteiger partial charge in [0.05, 0.1) is 26.4 Å². The van der Waals surface area contributed by atoms with Gasteiger partial charge in [0.2, 0.25) is 0 Å². The summed E-state index contributed by atoms with van der Waals surface area (Å²) in [6.07, 6.45) is 2.79. The normalized spacial score (nSPS) is 8.00. The van der Waals surface area contributed by atoms with Gasteiger partial charge in [0, 0.05) is 12.8 Å². The van der Waals surface area contributed by atoms with Crippen LogP contribution in [0.1, 0.15) is 24.0 Å². The third kappa shape index (κ3) is 13.2. The van der Waals surface area contributed by atoms with Crippen LogP contribution in [0.4, 0.5) is 0 Å². The number of hydrogen-bond acceptors (Lipinski definition) is 4. The second-order valence-electron chi connectivity index (χ2n) is 5.01. The molecule has 0 N–H and O–H groups in total. The molecule has 4 nitrogen and oxygen atoms in total. The zero-order valence-corrected chi connectivity index (χ0v) is 19.0. The Kier molecular flexibility index (Phi) is 21.2. The van der Waals surface area contributed by atoms with Gasteiger partial charge in [-0.2, -0.15) is 10.5 Å². The number of hydrogen-bond donors (Lipinski definition) is 0. The molecule has 2 rings (SSSR count). The predicted octanol–water partition coefficient (Wildman–Crippen LogP) is -1.69. The van der Waals surface area contributed by atoms with Gasteiger partial charge in [-0.25, -0.2) is 0 Å². The zero-order valence-electron chi connectivity index (χ0n) is 15.2. The number of nitriles is 2. The van der Waals surface area contributed by atoms with Crippen molar-refractivity contribution in [1.29, 1.82) is 10.5 Å². The number of ether oxygens (including phenoxy) is 2. The van der Waals surface area contributed by atoms with Crippen LogP contribution in [0.5, 0.6) is 11.5 Å². The summed E-state index contributed by atoms with van der Waals surface area (Å²) in [4.78, 5) is 0. The van der Waals surface area contributed by atoms with Crippen molar-refractivity contribution < 1.29 is 55.4 Å². The number of rotatable bonds is 6. The maximum atomic E-state index is 8.35. The molecule has 0 bridgehead atoms. The van der Waals surface area contributed by atoms with Gasteiger partial charge in [0.1, 0.15) is 11.5 Å². The fraction of sp³-hybridized carbons (Fsp3) is 0.300. The smallest absolute Gasteiger partial charge is 1.00 e. The van der Waals surface area contributed by atoms with Gasteiger partial charge in [-0.05, 0) is 48.2 Å². The Morgan fingerprint density at radius 3 is 1.19 bits per heavy atom. The largest absolute Gasteiger partial charge is 2.00 e. The van der Waals surface area contributed by atoms with Crippen LogP contribution in [0, 0.1) is 22.7 Å². The average Bonchev–Trinajstić information content (AvgIpc) is 2.66. The standard InChI is InChI=1S/2C10H11NO.2ClH.Pt/c2*1-12-10-6-4-9(5-7-10)3-2-8-11;;;/h2*4-7H,2-3H2,1H3;2*1H;/q;;;;+2/p-2. The average molecular weight is 588 g/mol. The van der Waals surface area contributed by atoms with Crippen LogP contribution >= 0.6 is 0 Å². The second-order valence-corrected chi connectivity index (χ2v) is 5.01. The molecule has 0 aliphatic heterocycles. The van der Waals surface area contributed by atoms with Gasteiger partial charge < -0.3 is 34.3 Å². The molecule has 0 aliphatic carbocycles. The van der Waals surface area contributed by atoms with E-state index in [0.29, 0.717) is 12.8 Å². The summed E-state index contributed by atoms with van der Waals surface area (Å²) in [5, 5.41) is 16.7. The fourth-order valence-corrected chi connectivity index (χ4v) is 1.98. The van der Waals surface area contributed by atoms with E-state index in [-0.39, 0.29) is 45.9 Å². The maximum absolute atomic E-state index is 8.35. The first-order valence-electron chi connectivity index (χ1n) is 7.73. The summed E-state index contributed by atoms with van der Waals surface area (Å²) >= 11 is 0. The topological polar surface area (TPSA) is 66.0 Å². The molecular formula is C20H22Cl2N2O2Pt. The van der Waals surface area contributed by atoms with Crippen molar-refractivity contribution in [1.82, 2.24) is 0 Å². The molecule has 0 heterocycles. The van der Waals surface area contributed by atoms with Crippen LogP contribution in [0.15, 0.2) is 48.5 Å². The minimum absolute atomic E-state index is 0. The van der Waals surface area contributed by atoms with Crippen LogP contribution in [0.25, 0.3) is 0 Å². The van der Waals surface area contributed by atoms with Gasteiger partial charge in [-0.1, -0.05) is 24.3 Å². The van der Waals surface area contributed by atoms with Gasteiger partial charge in [-0.15, -0.1) is 0 Å². The minimum atomic E-state index is 0. The molecule has 2 aromatic carbocycles. The molecule has 0 saturated heterocycles. The Bertz CT molecular complexity index is 620. The minimum Gasteiger partial charge on any atom is -1.00 e. The van der Waals surface area contributed by atoms with E-state index >= 15 is 0 Å². The van der Waals surface area contributed by atoms with Crippen molar-refractivity contribution in [3.05, 3.63) is 59.7 Å². The molecule has 2 aromatic rings. The number of methoxy groups -OCH3 is 2. The molecule has 148 valence electrons. The Morgan fingerprint density at radius 1 is 0.667 bits per heavy atom. The summed E-state index contributed by atoms with van der Waals surface area (Å²) < 4.78 is 10.0. The molecule has 0 spiro atoms. The van der Waals surface area contributed by atoms with E-state index in [9.17, 15) is 0 Å². The predicted molar refractivity (Wildman–Crippen MR) is 93.9 cm³/mol. The quantitative estimate of drug-likeness (QED) is 0.405. The van der Waals surface area contributed by atoms with Crippen LogP contribution in [0.3, 0.4) is 0 Å². The number of halogens is 2. The molecule has 0 fully saturated rings. The Hall–Kier alpha value is -1.71. The molecule has 0 unspecified atom stereocenters. The summed E-state index contributed by atoms with van der Waals surface area (Å²) in [5.74, 6) is 1.71.